The number of carbonyl (C=O) groups is 1. The lowest BCUT2D eigenvalue weighted by atomic mass is 9.95. The molecule has 4 rings (SSSR count). The molecule has 0 unspecified atom stereocenters. The van der Waals surface area contributed by atoms with Gasteiger partial charge in [0.05, 0.1) is 31.1 Å². The molecule has 1 N–H and O–H groups in total. The van der Waals surface area contributed by atoms with E-state index in [0.717, 1.165) is 12.0 Å². The first-order chi connectivity index (χ1) is 12.7. The van der Waals surface area contributed by atoms with E-state index >= 15 is 0 Å². The molecule has 1 aromatic heterocycles. The van der Waals surface area contributed by atoms with Crippen LogP contribution in [0.3, 0.4) is 0 Å². The van der Waals surface area contributed by atoms with Gasteiger partial charge in [-0.1, -0.05) is 24.3 Å². The number of amides is 1. The summed E-state index contributed by atoms with van der Waals surface area (Å²) < 4.78 is 25.2. The van der Waals surface area contributed by atoms with Crippen LogP contribution in [0.4, 0.5) is 10.1 Å². The Morgan fingerprint density at radius 1 is 1.15 bits per heavy atom. The summed E-state index contributed by atoms with van der Waals surface area (Å²) in [6, 6.07) is 16.0. The van der Waals surface area contributed by atoms with E-state index in [0.29, 0.717) is 17.9 Å². The maximum absolute atomic E-state index is 14.1. The second kappa shape index (κ2) is 7.14. The van der Waals surface area contributed by atoms with Crippen LogP contribution in [-0.4, -0.2) is 12.5 Å². The molecular formula is C21H18FNO3. The van der Waals surface area contributed by atoms with Crippen LogP contribution in [0, 0.1) is 5.82 Å². The number of carbonyl (C=O) groups excluding carboxylic acids is 1. The van der Waals surface area contributed by atoms with Gasteiger partial charge in [0.1, 0.15) is 11.6 Å². The van der Waals surface area contributed by atoms with E-state index in [1.807, 2.05) is 18.2 Å². The highest BCUT2D eigenvalue weighted by molar-refractivity contribution is 5.92. The lowest BCUT2D eigenvalue weighted by molar-refractivity contribution is -0.119. The Morgan fingerprint density at radius 2 is 2.04 bits per heavy atom. The van der Waals surface area contributed by atoms with Gasteiger partial charge < -0.3 is 14.5 Å². The van der Waals surface area contributed by atoms with Gasteiger partial charge in [-0.2, -0.15) is 0 Å². The Kier molecular flexibility index (Phi) is 4.54. The third-order valence-corrected chi connectivity index (χ3v) is 4.51. The van der Waals surface area contributed by atoms with Gasteiger partial charge in [0.15, 0.2) is 0 Å². The number of anilines is 1. The maximum atomic E-state index is 14.1. The molecule has 0 spiro atoms. The Morgan fingerprint density at radius 3 is 2.88 bits per heavy atom. The molecule has 3 aromatic rings. The zero-order chi connectivity index (χ0) is 17.9. The van der Waals surface area contributed by atoms with Crippen molar-refractivity contribution >= 4 is 11.6 Å². The monoisotopic (exact) mass is 351 g/mol. The molecule has 5 heteroatoms. The fourth-order valence-corrected chi connectivity index (χ4v) is 3.23. The molecule has 0 fully saturated rings. The van der Waals surface area contributed by atoms with Gasteiger partial charge in [0.2, 0.25) is 5.91 Å². The molecule has 0 saturated heterocycles. The number of fused-ring (bicyclic) bond motifs is 1. The van der Waals surface area contributed by atoms with Gasteiger partial charge in [0.25, 0.3) is 0 Å². The highest BCUT2D eigenvalue weighted by atomic mass is 19.1. The number of rotatable bonds is 4. The molecule has 1 amide bonds. The number of halogens is 1. The summed E-state index contributed by atoms with van der Waals surface area (Å²) >= 11 is 0. The molecule has 2 heterocycles. The fourth-order valence-electron chi connectivity index (χ4n) is 3.23. The van der Waals surface area contributed by atoms with Gasteiger partial charge >= 0.3 is 0 Å². The lowest BCUT2D eigenvalue weighted by Crippen LogP contribution is -2.22. The van der Waals surface area contributed by atoms with Crippen LogP contribution in [0.5, 0.6) is 0 Å². The van der Waals surface area contributed by atoms with Gasteiger partial charge in [0, 0.05) is 5.56 Å². The van der Waals surface area contributed by atoms with E-state index < -0.39 is 5.82 Å². The van der Waals surface area contributed by atoms with Gasteiger partial charge in [-0.05, 0) is 47.9 Å². The summed E-state index contributed by atoms with van der Waals surface area (Å²) in [4.78, 5) is 12.5. The minimum Gasteiger partial charge on any atom is -0.464 e. The largest absolute Gasteiger partial charge is 0.464 e. The zero-order valence-corrected chi connectivity index (χ0v) is 14.1. The van der Waals surface area contributed by atoms with Crippen LogP contribution >= 0.6 is 0 Å². The van der Waals surface area contributed by atoms with Crippen LogP contribution in [0.2, 0.25) is 0 Å². The summed E-state index contributed by atoms with van der Waals surface area (Å²) in [5.74, 6) is -0.161. The van der Waals surface area contributed by atoms with Gasteiger partial charge in [-0.3, -0.25) is 4.79 Å². The van der Waals surface area contributed by atoms with Crippen molar-refractivity contribution in [2.45, 2.75) is 18.9 Å². The molecule has 132 valence electrons. The van der Waals surface area contributed by atoms with Crippen LogP contribution in [0.15, 0.2) is 65.3 Å². The Labute approximate surface area is 150 Å². The van der Waals surface area contributed by atoms with E-state index in [1.165, 1.54) is 11.6 Å². The number of ether oxygens (including phenoxy) is 1. The topological polar surface area (TPSA) is 51.5 Å². The van der Waals surface area contributed by atoms with E-state index in [9.17, 15) is 9.18 Å². The molecule has 0 bridgehead atoms. The number of hydrogen-bond acceptors (Lipinski definition) is 3. The van der Waals surface area contributed by atoms with E-state index in [4.69, 9.17) is 9.15 Å². The third kappa shape index (κ3) is 3.39. The van der Waals surface area contributed by atoms with Crippen LogP contribution in [0.1, 0.15) is 23.7 Å². The van der Waals surface area contributed by atoms with E-state index in [2.05, 4.69) is 11.4 Å². The second-order valence-electron chi connectivity index (χ2n) is 6.23. The molecule has 0 saturated carbocycles. The Balaban J connectivity index is 1.50. The molecule has 0 radical (unpaired) electrons. The van der Waals surface area contributed by atoms with E-state index in [1.54, 1.807) is 30.5 Å². The third-order valence-electron chi connectivity index (χ3n) is 4.51. The summed E-state index contributed by atoms with van der Waals surface area (Å²) in [6.45, 7) is 0.581. The summed E-state index contributed by atoms with van der Waals surface area (Å²) in [5, 5.41) is 2.66. The second-order valence-corrected chi connectivity index (χ2v) is 6.23. The highest BCUT2D eigenvalue weighted by Gasteiger charge is 2.23. The number of hydrogen-bond donors (Lipinski definition) is 1. The van der Waals surface area contributed by atoms with Crippen LogP contribution in [0.25, 0.3) is 11.3 Å². The minimum atomic E-state index is -0.487. The first-order valence-electron chi connectivity index (χ1n) is 8.53. The lowest BCUT2D eigenvalue weighted by Gasteiger charge is -2.25. The quantitative estimate of drug-likeness (QED) is 0.739. The van der Waals surface area contributed by atoms with E-state index in [-0.39, 0.29) is 24.1 Å². The van der Waals surface area contributed by atoms with Crippen molar-refractivity contribution in [3.63, 3.8) is 0 Å². The van der Waals surface area contributed by atoms with Crippen molar-refractivity contribution in [2.75, 3.05) is 11.9 Å². The molecule has 1 aliphatic rings. The summed E-state index contributed by atoms with van der Waals surface area (Å²) in [7, 11) is 0. The molecule has 4 nitrogen and oxygen atoms in total. The van der Waals surface area contributed by atoms with Gasteiger partial charge in [-0.25, -0.2) is 4.39 Å². The Bertz CT molecular complexity index is 921. The SMILES string of the molecule is O=C(C[C@H]1OCCc2ccccc21)Nc1cc(-c2ccco2)ccc1F. The first kappa shape index (κ1) is 16.5. The normalized spacial score (nSPS) is 16.1. The average molecular weight is 351 g/mol. The van der Waals surface area contributed by atoms with Crippen molar-refractivity contribution in [2.24, 2.45) is 0 Å². The van der Waals surface area contributed by atoms with Crippen LogP contribution < -0.4 is 5.32 Å². The minimum absolute atomic E-state index is 0.132. The van der Waals surface area contributed by atoms with Crippen LogP contribution in [-0.2, 0) is 16.0 Å². The average Bonchev–Trinajstić information content (AvgIpc) is 3.18. The first-order valence-corrected chi connectivity index (χ1v) is 8.53. The number of benzene rings is 2. The number of furan rings is 1. The van der Waals surface area contributed by atoms with Crippen molar-refractivity contribution in [1.82, 2.24) is 0 Å². The molecule has 1 aliphatic heterocycles. The zero-order valence-electron chi connectivity index (χ0n) is 14.1. The summed E-state index contributed by atoms with van der Waals surface area (Å²) in [6.07, 6.45) is 2.22. The predicted octanol–water partition coefficient (Wildman–Crippen LogP) is 4.73. The standard InChI is InChI=1S/C21H18FNO3/c22-17-8-7-15(19-6-3-10-25-19)12-18(17)23-21(24)13-20-16-5-2-1-4-14(16)9-11-26-20/h1-8,10,12,20H,9,11,13H2,(H,23,24)/t20-/m1/s1. The maximum Gasteiger partial charge on any atom is 0.227 e. The highest BCUT2D eigenvalue weighted by Crippen LogP contribution is 2.30. The predicted molar refractivity (Wildman–Crippen MR) is 96.2 cm³/mol. The smallest absolute Gasteiger partial charge is 0.227 e. The van der Waals surface area contributed by atoms with Crippen molar-refractivity contribution in [1.29, 1.82) is 0 Å². The molecular weight excluding hydrogens is 333 g/mol. The Hall–Kier alpha value is -2.92. The van der Waals surface area contributed by atoms with Crippen molar-refractivity contribution in [3.8, 4) is 11.3 Å². The number of nitrogens with one attached hydrogen (secondary N) is 1. The van der Waals surface area contributed by atoms with Crippen molar-refractivity contribution in [3.05, 3.63) is 77.8 Å². The molecule has 26 heavy (non-hydrogen) atoms. The molecule has 0 aliphatic carbocycles. The molecule has 1 atom stereocenters. The van der Waals surface area contributed by atoms with Gasteiger partial charge in [-0.15, -0.1) is 0 Å². The van der Waals surface area contributed by atoms with Crippen molar-refractivity contribution < 1.29 is 18.3 Å². The molecule has 2 aromatic carbocycles. The fraction of sp³-hybridized carbons (Fsp3) is 0.190. The summed E-state index contributed by atoms with van der Waals surface area (Å²) in [5.41, 5.74) is 3.06.